The molecule has 0 aliphatic rings. The van der Waals surface area contributed by atoms with E-state index in [0.29, 0.717) is 16.7 Å². The number of thiophene rings is 1. The molecule has 0 bridgehead atoms. The Morgan fingerprint density at radius 3 is 3.00 bits per heavy atom. The van der Waals surface area contributed by atoms with E-state index in [1.165, 1.54) is 11.8 Å². The highest BCUT2D eigenvalue weighted by Crippen LogP contribution is 2.27. The Morgan fingerprint density at radius 2 is 2.29 bits per heavy atom. The van der Waals surface area contributed by atoms with Crippen LogP contribution < -0.4 is 0 Å². The molecule has 4 nitrogen and oxygen atoms in total. The second-order valence-corrected chi connectivity index (χ2v) is 6.59. The van der Waals surface area contributed by atoms with Crippen LogP contribution in [0.15, 0.2) is 40.2 Å². The Balaban J connectivity index is 2.04. The maximum atomic E-state index is 10.8. The second-order valence-electron chi connectivity index (χ2n) is 4.43. The summed E-state index contributed by atoms with van der Waals surface area (Å²) in [6.45, 7) is 0.655. The summed E-state index contributed by atoms with van der Waals surface area (Å²) in [5.41, 5.74) is 2.90. The van der Waals surface area contributed by atoms with Crippen molar-refractivity contribution in [2.75, 3.05) is 5.75 Å². The van der Waals surface area contributed by atoms with Crippen LogP contribution in [0.4, 0.5) is 0 Å². The number of carboxylic acid groups (broad SMARTS) is 1. The van der Waals surface area contributed by atoms with Crippen LogP contribution in [0.2, 0.25) is 5.02 Å². The predicted octanol–water partition coefficient (Wildman–Crippen LogP) is 3.98. The molecule has 7 heteroatoms. The van der Waals surface area contributed by atoms with Crippen LogP contribution in [0.1, 0.15) is 5.56 Å². The summed E-state index contributed by atoms with van der Waals surface area (Å²) in [6, 6.07) is 7.55. The molecule has 0 saturated carbocycles. The zero-order chi connectivity index (χ0) is 14.8. The second kappa shape index (κ2) is 6.09. The lowest BCUT2D eigenvalue weighted by atomic mass is 10.3. The van der Waals surface area contributed by atoms with Crippen molar-refractivity contribution in [2.45, 2.75) is 11.7 Å². The molecule has 0 saturated heterocycles. The lowest BCUT2D eigenvalue weighted by molar-refractivity contribution is -0.133. The van der Waals surface area contributed by atoms with Crippen molar-refractivity contribution in [1.29, 1.82) is 0 Å². The molecule has 108 valence electrons. The van der Waals surface area contributed by atoms with E-state index in [0.717, 1.165) is 16.6 Å². The Labute approximate surface area is 134 Å². The first kappa shape index (κ1) is 14.4. The van der Waals surface area contributed by atoms with Crippen LogP contribution in [-0.4, -0.2) is 26.4 Å². The third-order valence-electron chi connectivity index (χ3n) is 2.92. The first-order valence-electron chi connectivity index (χ1n) is 6.15. The van der Waals surface area contributed by atoms with E-state index in [2.05, 4.69) is 10.4 Å². The molecule has 0 aliphatic heterocycles. The standard InChI is InChI=1S/C14H11ClN2O2S2/c15-10-1-2-11-12(5-10)17(6-9-3-4-20-7-9)14(16-11)21-8-13(18)19/h1-5,7H,6,8H2,(H,18,19). The van der Waals surface area contributed by atoms with E-state index in [4.69, 9.17) is 16.7 Å². The summed E-state index contributed by atoms with van der Waals surface area (Å²) in [7, 11) is 0. The fourth-order valence-electron chi connectivity index (χ4n) is 2.03. The van der Waals surface area contributed by atoms with Crippen molar-refractivity contribution in [3.8, 4) is 0 Å². The van der Waals surface area contributed by atoms with Crippen molar-refractivity contribution in [3.63, 3.8) is 0 Å². The number of hydrogen-bond acceptors (Lipinski definition) is 4. The number of fused-ring (bicyclic) bond motifs is 1. The summed E-state index contributed by atoms with van der Waals surface area (Å²) in [5, 5.41) is 14.3. The molecule has 0 radical (unpaired) electrons. The summed E-state index contributed by atoms with van der Waals surface area (Å²) in [4.78, 5) is 15.3. The topological polar surface area (TPSA) is 55.1 Å². The smallest absolute Gasteiger partial charge is 0.313 e. The van der Waals surface area contributed by atoms with Gasteiger partial charge in [-0.3, -0.25) is 4.79 Å². The van der Waals surface area contributed by atoms with Gasteiger partial charge in [0.05, 0.1) is 23.3 Å². The average Bonchev–Trinajstić information content (AvgIpc) is 3.06. The molecular formula is C14H11ClN2O2S2. The van der Waals surface area contributed by atoms with Crippen molar-refractivity contribution in [1.82, 2.24) is 9.55 Å². The number of aliphatic carboxylic acids is 1. The van der Waals surface area contributed by atoms with E-state index in [9.17, 15) is 4.79 Å². The van der Waals surface area contributed by atoms with Gasteiger partial charge in [0.1, 0.15) is 0 Å². The predicted molar refractivity (Wildman–Crippen MR) is 86.5 cm³/mol. The summed E-state index contributed by atoms with van der Waals surface area (Å²) in [5.74, 6) is -0.868. The molecule has 0 fully saturated rings. The summed E-state index contributed by atoms with van der Waals surface area (Å²) in [6.07, 6.45) is 0. The zero-order valence-electron chi connectivity index (χ0n) is 10.8. The highest BCUT2D eigenvalue weighted by atomic mass is 35.5. The molecule has 2 aromatic heterocycles. The van der Waals surface area contributed by atoms with E-state index in [1.54, 1.807) is 17.4 Å². The molecule has 0 spiro atoms. The van der Waals surface area contributed by atoms with Crippen molar-refractivity contribution < 1.29 is 9.90 Å². The maximum absolute atomic E-state index is 10.8. The van der Waals surface area contributed by atoms with Crippen LogP contribution in [-0.2, 0) is 11.3 Å². The normalized spacial score (nSPS) is 11.1. The molecule has 21 heavy (non-hydrogen) atoms. The molecular weight excluding hydrogens is 328 g/mol. The van der Waals surface area contributed by atoms with Gasteiger partial charge in [-0.05, 0) is 40.6 Å². The third-order valence-corrected chi connectivity index (χ3v) is 4.85. The third kappa shape index (κ3) is 3.23. The van der Waals surface area contributed by atoms with E-state index in [-0.39, 0.29) is 5.75 Å². The van der Waals surface area contributed by atoms with Crippen LogP contribution in [0.3, 0.4) is 0 Å². The SMILES string of the molecule is O=C(O)CSc1nc2ccc(Cl)cc2n1Cc1ccsc1. The summed E-state index contributed by atoms with van der Waals surface area (Å²) < 4.78 is 2.01. The Kier molecular flexibility index (Phi) is 4.19. The van der Waals surface area contributed by atoms with E-state index in [1.807, 2.05) is 28.1 Å². The van der Waals surface area contributed by atoms with Gasteiger partial charge in [-0.15, -0.1) is 0 Å². The van der Waals surface area contributed by atoms with Crippen LogP contribution in [0, 0.1) is 0 Å². The highest BCUT2D eigenvalue weighted by Gasteiger charge is 2.13. The highest BCUT2D eigenvalue weighted by molar-refractivity contribution is 7.99. The lowest BCUT2D eigenvalue weighted by Gasteiger charge is -2.07. The van der Waals surface area contributed by atoms with Crippen molar-refractivity contribution in [3.05, 3.63) is 45.6 Å². The molecule has 2 heterocycles. The summed E-state index contributed by atoms with van der Waals surface area (Å²) >= 11 is 8.92. The first-order valence-corrected chi connectivity index (χ1v) is 8.45. The van der Waals surface area contributed by atoms with Crippen LogP contribution in [0.25, 0.3) is 11.0 Å². The number of thioether (sulfide) groups is 1. The molecule has 0 unspecified atom stereocenters. The number of carboxylic acids is 1. The van der Waals surface area contributed by atoms with E-state index < -0.39 is 5.97 Å². The van der Waals surface area contributed by atoms with Crippen molar-refractivity contribution >= 4 is 51.7 Å². The Hall–Kier alpha value is -1.50. The fraction of sp³-hybridized carbons (Fsp3) is 0.143. The Morgan fingerprint density at radius 1 is 1.43 bits per heavy atom. The minimum absolute atomic E-state index is 0.0132. The number of rotatable bonds is 5. The largest absolute Gasteiger partial charge is 0.481 e. The minimum Gasteiger partial charge on any atom is -0.481 e. The van der Waals surface area contributed by atoms with Gasteiger partial charge in [-0.25, -0.2) is 4.98 Å². The number of imidazole rings is 1. The first-order chi connectivity index (χ1) is 10.1. The molecule has 0 atom stereocenters. The monoisotopic (exact) mass is 338 g/mol. The van der Waals surface area contributed by atoms with Gasteiger partial charge < -0.3 is 9.67 Å². The van der Waals surface area contributed by atoms with Gasteiger partial charge in [0, 0.05) is 5.02 Å². The van der Waals surface area contributed by atoms with Gasteiger partial charge in [0.25, 0.3) is 0 Å². The molecule has 0 amide bonds. The minimum atomic E-state index is -0.854. The van der Waals surface area contributed by atoms with Crippen molar-refractivity contribution in [2.24, 2.45) is 0 Å². The van der Waals surface area contributed by atoms with Gasteiger partial charge in [-0.2, -0.15) is 11.3 Å². The number of carbonyl (C=O) groups is 1. The molecule has 1 N–H and O–H groups in total. The number of benzene rings is 1. The lowest BCUT2D eigenvalue weighted by Crippen LogP contribution is -2.04. The van der Waals surface area contributed by atoms with Crippen LogP contribution in [0.5, 0.6) is 0 Å². The average molecular weight is 339 g/mol. The number of halogens is 1. The number of hydrogen-bond donors (Lipinski definition) is 1. The number of aromatic nitrogens is 2. The molecule has 0 aliphatic carbocycles. The Bertz CT molecular complexity index is 784. The van der Waals surface area contributed by atoms with Gasteiger partial charge in [0.15, 0.2) is 5.16 Å². The molecule has 1 aromatic carbocycles. The zero-order valence-corrected chi connectivity index (χ0v) is 13.2. The van der Waals surface area contributed by atoms with Gasteiger partial charge >= 0.3 is 5.97 Å². The molecule has 3 rings (SSSR count). The van der Waals surface area contributed by atoms with Gasteiger partial charge in [0.2, 0.25) is 0 Å². The van der Waals surface area contributed by atoms with Gasteiger partial charge in [-0.1, -0.05) is 23.4 Å². The quantitative estimate of drug-likeness (QED) is 0.715. The number of nitrogens with zero attached hydrogens (tertiary/aromatic N) is 2. The molecule has 3 aromatic rings. The maximum Gasteiger partial charge on any atom is 0.313 e. The fourth-order valence-corrected chi connectivity index (χ4v) is 3.59. The van der Waals surface area contributed by atoms with Crippen LogP contribution >= 0.6 is 34.7 Å². The van der Waals surface area contributed by atoms with E-state index >= 15 is 0 Å².